The molecule has 0 amide bonds. The van der Waals surface area contributed by atoms with Crippen molar-refractivity contribution in [1.29, 1.82) is 0 Å². The first-order valence-corrected chi connectivity index (χ1v) is 6.63. The summed E-state index contributed by atoms with van der Waals surface area (Å²) >= 11 is 0. The van der Waals surface area contributed by atoms with Crippen LogP contribution in [-0.4, -0.2) is 40.9 Å². The first kappa shape index (κ1) is 12.6. The summed E-state index contributed by atoms with van der Waals surface area (Å²) in [4.78, 5) is 2.46. The van der Waals surface area contributed by atoms with E-state index in [1.807, 2.05) is 11.7 Å². The van der Waals surface area contributed by atoms with Crippen LogP contribution in [0.15, 0.2) is 6.20 Å². The molecule has 0 aromatic carbocycles. The Kier molecular flexibility index (Phi) is 4.18. The second kappa shape index (κ2) is 5.65. The van der Waals surface area contributed by atoms with Crippen molar-refractivity contribution >= 4 is 0 Å². The van der Waals surface area contributed by atoms with E-state index in [2.05, 4.69) is 35.5 Å². The molecule has 2 heterocycles. The van der Waals surface area contributed by atoms with Gasteiger partial charge < -0.3 is 10.2 Å². The van der Waals surface area contributed by atoms with Gasteiger partial charge in [-0.15, -0.1) is 0 Å². The Morgan fingerprint density at radius 2 is 2.29 bits per heavy atom. The normalized spacial score (nSPS) is 21.2. The zero-order chi connectivity index (χ0) is 12.3. The number of nitrogens with zero attached hydrogens (tertiary/aromatic N) is 3. The molecule has 96 valence electrons. The summed E-state index contributed by atoms with van der Waals surface area (Å²) < 4.78 is 1.91. The van der Waals surface area contributed by atoms with Crippen molar-refractivity contribution in [2.24, 2.45) is 7.05 Å². The van der Waals surface area contributed by atoms with Crippen molar-refractivity contribution in [2.75, 3.05) is 20.1 Å². The van der Waals surface area contributed by atoms with Gasteiger partial charge in [-0.3, -0.25) is 4.68 Å². The van der Waals surface area contributed by atoms with Crippen molar-refractivity contribution in [2.45, 2.75) is 38.8 Å². The lowest BCUT2D eigenvalue weighted by Gasteiger charge is -2.19. The lowest BCUT2D eigenvalue weighted by atomic mass is 10.2. The van der Waals surface area contributed by atoms with Gasteiger partial charge in [-0.05, 0) is 32.9 Å². The molecule has 0 radical (unpaired) electrons. The van der Waals surface area contributed by atoms with E-state index in [4.69, 9.17) is 0 Å². The Bertz CT molecular complexity index is 358. The molecular formula is C13H24N4. The fraction of sp³-hybridized carbons (Fsp3) is 0.769. The van der Waals surface area contributed by atoms with Gasteiger partial charge in [-0.25, -0.2) is 0 Å². The molecular weight excluding hydrogens is 212 g/mol. The van der Waals surface area contributed by atoms with Crippen LogP contribution >= 0.6 is 0 Å². The standard InChI is InChI=1S/C13H24N4/c1-4-13-11(10-17(3)15-13)8-14-9-12-6-5-7-16(12)2/h10,12,14H,4-9H2,1-3H3. The van der Waals surface area contributed by atoms with Crippen molar-refractivity contribution in [3.63, 3.8) is 0 Å². The van der Waals surface area contributed by atoms with Crippen LogP contribution in [0.5, 0.6) is 0 Å². The lowest BCUT2D eigenvalue weighted by Crippen LogP contribution is -2.35. The number of hydrogen-bond donors (Lipinski definition) is 1. The smallest absolute Gasteiger partial charge is 0.0666 e. The van der Waals surface area contributed by atoms with Crippen LogP contribution in [0, 0.1) is 0 Å². The molecule has 1 fully saturated rings. The minimum absolute atomic E-state index is 0.719. The second-order valence-corrected chi connectivity index (χ2v) is 5.04. The maximum absolute atomic E-state index is 4.46. The Hall–Kier alpha value is -0.870. The zero-order valence-electron chi connectivity index (χ0n) is 11.2. The van der Waals surface area contributed by atoms with Crippen LogP contribution in [0.3, 0.4) is 0 Å². The number of likely N-dealkylation sites (tertiary alicyclic amines) is 1. The van der Waals surface area contributed by atoms with Gasteiger partial charge >= 0.3 is 0 Å². The van der Waals surface area contributed by atoms with E-state index >= 15 is 0 Å². The van der Waals surface area contributed by atoms with Crippen molar-refractivity contribution < 1.29 is 0 Å². The van der Waals surface area contributed by atoms with E-state index in [0.29, 0.717) is 0 Å². The van der Waals surface area contributed by atoms with Gasteiger partial charge in [0.1, 0.15) is 0 Å². The predicted octanol–water partition coefficient (Wildman–Crippen LogP) is 1.17. The van der Waals surface area contributed by atoms with E-state index in [1.54, 1.807) is 0 Å². The van der Waals surface area contributed by atoms with Gasteiger partial charge in [0.05, 0.1) is 5.69 Å². The first-order valence-electron chi connectivity index (χ1n) is 6.63. The highest BCUT2D eigenvalue weighted by molar-refractivity contribution is 5.16. The molecule has 1 aromatic rings. The predicted molar refractivity (Wildman–Crippen MR) is 69.9 cm³/mol. The number of hydrogen-bond acceptors (Lipinski definition) is 3. The minimum atomic E-state index is 0.719. The van der Waals surface area contributed by atoms with Crippen LogP contribution in [0.1, 0.15) is 31.0 Å². The van der Waals surface area contributed by atoms with Crippen LogP contribution in [-0.2, 0) is 20.0 Å². The summed E-state index contributed by atoms with van der Waals surface area (Å²) in [5.41, 5.74) is 2.57. The maximum atomic E-state index is 4.46. The SMILES string of the molecule is CCc1nn(C)cc1CNCC1CCCN1C. The highest BCUT2D eigenvalue weighted by Gasteiger charge is 2.20. The first-order chi connectivity index (χ1) is 8.20. The average molecular weight is 236 g/mol. The van der Waals surface area contributed by atoms with Crippen LogP contribution < -0.4 is 5.32 Å². The summed E-state index contributed by atoms with van der Waals surface area (Å²) in [5.74, 6) is 0. The Morgan fingerprint density at radius 1 is 1.47 bits per heavy atom. The highest BCUT2D eigenvalue weighted by atomic mass is 15.3. The summed E-state index contributed by atoms with van der Waals surface area (Å²) in [6.07, 6.45) is 5.82. The number of likely N-dealkylation sites (N-methyl/N-ethyl adjacent to an activating group) is 1. The molecule has 1 aromatic heterocycles. The van der Waals surface area contributed by atoms with Crippen LogP contribution in [0.2, 0.25) is 0 Å². The summed E-state index contributed by atoms with van der Waals surface area (Å²) in [5, 5.41) is 8.03. The summed E-state index contributed by atoms with van der Waals surface area (Å²) in [7, 11) is 4.22. The lowest BCUT2D eigenvalue weighted by molar-refractivity contribution is 0.300. The van der Waals surface area contributed by atoms with E-state index in [9.17, 15) is 0 Å². The third kappa shape index (κ3) is 3.07. The Morgan fingerprint density at radius 3 is 2.94 bits per heavy atom. The van der Waals surface area contributed by atoms with E-state index in [0.717, 1.165) is 25.6 Å². The number of nitrogens with one attached hydrogen (secondary N) is 1. The Labute approximate surface area is 104 Å². The molecule has 1 aliphatic heterocycles. The van der Waals surface area contributed by atoms with Gasteiger partial charge in [-0.2, -0.15) is 5.10 Å². The fourth-order valence-corrected chi connectivity index (χ4v) is 2.64. The highest BCUT2D eigenvalue weighted by Crippen LogP contribution is 2.14. The molecule has 0 saturated carbocycles. The zero-order valence-corrected chi connectivity index (χ0v) is 11.2. The number of rotatable bonds is 5. The molecule has 1 unspecified atom stereocenters. The molecule has 0 aliphatic carbocycles. The monoisotopic (exact) mass is 236 g/mol. The minimum Gasteiger partial charge on any atom is -0.311 e. The maximum Gasteiger partial charge on any atom is 0.0666 e. The van der Waals surface area contributed by atoms with Crippen molar-refractivity contribution in [3.05, 3.63) is 17.5 Å². The number of aromatic nitrogens is 2. The molecule has 4 nitrogen and oxygen atoms in total. The molecule has 0 bridgehead atoms. The molecule has 1 atom stereocenters. The molecule has 1 saturated heterocycles. The van der Waals surface area contributed by atoms with Gasteiger partial charge in [0.25, 0.3) is 0 Å². The molecule has 1 aliphatic rings. The van der Waals surface area contributed by atoms with Gasteiger partial charge in [0.15, 0.2) is 0 Å². The molecule has 2 rings (SSSR count). The molecule has 4 heteroatoms. The van der Waals surface area contributed by atoms with Crippen LogP contribution in [0.25, 0.3) is 0 Å². The molecule has 1 N–H and O–H groups in total. The molecule has 0 spiro atoms. The third-order valence-electron chi connectivity index (χ3n) is 3.69. The van der Waals surface area contributed by atoms with Gasteiger partial charge in [0, 0.05) is 37.9 Å². The van der Waals surface area contributed by atoms with Crippen molar-refractivity contribution in [1.82, 2.24) is 20.0 Å². The second-order valence-electron chi connectivity index (χ2n) is 5.04. The third-order valence-corrected chi connectivity index (χ3v) is 3.69. The van der Waals surface area contributed by atoms with Crippen molar-refractivity contribution in [3.8, 4) is 0 Å². The fourth-order valence-electron chi connectivity index (χ4n) is 2.64. The van der Waals surface area contributed by atoms with Gasteiger partial charge in [0.2, 0.25) is 0 Å². The quantitative estimate of drug-likeness (QED) is 0.833. The molecule has 17 heavy (non-hydrogen) atoms. The summed E-state index contributed by atoms with van der Waals surface area (Å²) in [6.45, 7) is 5.45. The number of aryl methyl sites for hydroxylation is 2. The van der Waals surface area contributed by atoms with E-state index in [-0.39, 0.29) is 0 Å². The van der Waals surface area contributed by atoms with Crippen LogP contribution in [0.4, 0.5) is 0 Å². The Balaban J connectivity index is 1.81. The van der Waals surface area contributed by atoms with E-state index < -0.39 is 0 Å². The topological polar surface area (TPSA) is 33.1 Å². The summed E-state index contributed by atoms with van der Waals surface area (Å²) in [6, 6.07) is 0.719. The van der Waals surface area contributed by atoms with E-state index in [1.165, 1.54) is 30.6 Å². The van der Waals surface area contributed by atoms with Gasteiger partial charge in [-0.1, -0.05) is 6.92 Å². The largest absolute Gasteiger partial charge is 0.311 e. The average Bonchev–Trinajstić information content (AvgIpc) is 2.86.